The summed E-state index contributed by atoms with van der Waals surface area (Å²) in [6, 6.07) is 0.179. The molecular formula is C14H23N3O3. The van der Waals surface area contributed by atoms with Crippen LogP contribution in [0, 0.1) is 12.3 Å². The van der Waals surface area contributed by atoms with Crippen molar-refractivity contribution < 1.29 is 14.7 Å². The van der Waals surface area contributed by atoms with Gasteiger partial charge >= 0.3 is 12.0 Å². The number of likely N-dealkylation sites (N-methyl/N-ethyl adjacent to an activating group) is 1. The molecule has 0 spiro atoms. The Bertz CT molecular complexity index is 372. The fourth-order valence-electron chi connectivity index (χ4n) is 2.45. The zero-order chi connectivity index (χ0) is 15.0. The molecule has 0 aromatic carbocycles. The van der Waals surface area contributed by atoms with Crippen molar-refractivity contribution in [2.24, 2.45) is 0 Å². The number of aliphatic carboxylic acids is 1. The largest absolute Gasteiger partial charge is 0.480 e. The molecule has 0 atom stereocenters. The minimum atomic E-state index is -1.07. The second kappa shape index (κ2) is 8.43. The van der Waals surface area contributed by atoms with E-state index in [2.05, 4.69) is 23.2 Å². The molecule has 6 nitrogen and oxygen atoms in total. The van der Waals surface area contributed by atoms with Crippen LogP contribution in [0.25, 0.3) is 0 Å². The minimum absolute atomic E-state index is 0.00338. The number of terminal acetylenes is 1. The van der Waals surface area contributed by atoms with Gasteiger partial charge in [0.05, 0.1) is 6.54 Å². The van der Waals surface area contributed by atoms with E-state index in [-0.39, 0.29) is 13.1 Å². The highest BCUT2D eigenvalue weighted by Crippen LogP contribution is 2.21. The Morgan fingerprint density at radius 3 is 2.60 bits per heavy atom. The quantitative estimate of drug-likeness (QED) is 0.670. The summed E-state index contributed by atoms with van der Waals surface area (Å²) < 4.78 is 0. The average molecular weight is 281 g/mol. The maximum Gasteiger partial charge on any atom is 0.323 e. The molecule has 1 rings (SSSR count). The molecule has 0 aliphatic heterocycles. The van der Waals surface area contributed by atoms with Crippen molar-refractivity contribution >= 4 is 12.0 Å². The Morgan fingerprint density at radius 1 is 1.40 bits per heavy atom. The van der Waals surface area contributed by atoms with Gasteiger partial charge in [0.1, 0.15) is 6.54 Å². The highest BCUT2D eigenvalue weighted by Gasteiger charge is 2.20. The highest BCUT2D eigenvalue weighted by molar-refractivity contribution is 5.80. The number of nitrogens with one attached hydrogen (secondary N) is 1. The molecule has 0 radical (unpaired) electrons. The van der Waals surface area contributed by atoms with Crippen LogP contribution in [0.1, 0.15) is 25.7 Å². The third kappa shape index (κ3) is 5.49. The normalized spacial score (nSPS) is 15.1. The van der Waals surface area contributed by atoms with Crippen LogP contribution >= 0.6 is 0 Å². The lowest BCUT2D eigenvalue weighted by atomic mass is 10.2. The molecule has 2 N–H and O–H groups in total. The van der Waals surface area contributed by atoms with E-state index in [0.717, 1.165) is 11.4 Å². The second-order valence-corrected chi connectivity index (χ2v) is 5.10. The zero-order valence-corrected chi connectivity index (χ0v) is 12.0. The van der Waals surface area contributed by atoms with Gasteiger partial charge in [-0.25, -0.2) is 4.79 Å². The summed E-state index contributed by atoms with van der Waals surface area (Å²) >= 11 is 0. The van der Waals surface area contributed by atoms with Gasteiger partial charge in [-0.3, -0.25) is 4.79 Å². The summed E-state index contributed by atoms with van der Waals surface area (Å²) in [5.41, 5.74) is 0. The number of hydrogen-bond donors (Lipinski definition) is 2. The number of carbonyl (C=O) groups excluding carboxylic acids is 1. The summed E-state index contributed by atoms with van der Waals surface area (Å²) in [6.07, 6.45) is 10.1. The summed E-state index contributed by atoms with van der Waals surface area (Å²) in [6.45, 7) is 0.866. The van der Waals surface area contributed by atoms with Gasteiger partial charge in [-0.2, -0.15) is 0 Å². The molecular weight excluding hydrogens is 258 g/mol. The standard InChI is InChI=1S/C14H23N3O3/c1-3-9-17(11-13(18)19)14(20)15-8-10-16(2)12-6-4-5-7-12/h1,12H,4-11H2,2H3,(H,15,20)(H,18,19). The topological polar surface area (TPSA) is 72.9 Å². The molecule has 1 aliphatic rings. The molecule has 1 aliphatic carbocycles. The molecule has 0 saturated heterocycles. The van der Waals surface area contributed by atoms with Crippen molar-refractivity contribution in [2.45, 2.75) is 31.7 Å². The van der Waals surface area contributed by atoms with Crippen molar-refractivity contribution in [2.75, 3.05) is 33.2 Å². The van der Waals surface area contributed by atoms with Crippen LogP contribution in [0.3, 0.4) is 0 Å². The van der Waals surface area contributed by atoms with Crippen LogP contribution in [-0.2, 0) is 4.79 Å². The van der Waals surface area contributed by atoms with E-state index in [9.17, 15) is 9.59 Å². The van der Waals surface area contributed by atoms with Gasteiger partial charge in [0.2, 0.25) is 0 Å². The monoisotopic (exact) mass is 281 g/mol. The first-order chi connectivity index (χ1) is 9.54. The van der Waals surface area contributed by atoms with Crippen molar-refractivity contribution in [3.05, 3.63) is 0 Å². The van der Waals surface area contributed by atoms with E-state index in [1.54, 1.807) is 0 Å². The highest BCUT2D eigenvalue weighted by atomic mass is 16.4. The number of nitrogens with zero attached hydrogens (tertiary/aromatic N) is 2. The van der Waals surface area contributed by atoms with Gasteiger partial charge in [0.25, 0.3) is 0 Å². The summed E-state index contributed by atoms with van der Waals surface area (Å²) in [7, 11) is 2.05. The SMILES string of the molecule is C#CCN(CC(=O)O)C(=O)NCCN(C)C1CCCC1. The predicted octanol–water partition coefficient (Wildman–Crippen LogP) is 0.590. The van der Waals surface area contributed by atoms with Crippen LogP contribution in [0.5, 0.6) is 0 Å². The molecule has 112 valence electrons. The van der Waals surface area contributed by atoms with E-state index in [4.69, 9.17) is 11.5 Å². The van der Waals surface area contributed by atoms with Crippen LogP contribution in [-0.4, -0.2) is 66.2 Å². The van der Waals surface area contributed by atoms with Crippen LogP contribution in [0.15, 0.2) is 0 Å². The Kier molecular flexibility index (Phi) is 6.88. The second-order valence-electron chi connectivity index (χ2n) is 5.10. The van der Waals surface area contributed by atoms with E-state index in [1.807, 2.05) is 0 Å². The Hall–Kier alpha value is -1.74. The van der Waals surface area contributed by atoms with Crippen LogP contribution < -0.4 is 5.32 Å². The fourth-order valence-corrected chi connectivity index (χ4v) is 2.45. The first kappa shape index (κ1) is 16.3. The lowest BCUT2D eigenvalue weighted by Gasteiger charge is -2.25. The van der Waals surface area contributed by atoms with E-state index in [1.165, 1.54) is 25.7 Å². The molecule has 0 aromatic rings. The number of rotatable bonds is 7. The summed E-state index contributed by atoms with van der Waals surface area (Å²) in [5, 5.41) is 11.4. The first-order valence-corrected chi connectivity index (χ1v) is 6.93. The van der Waals surface area contributed by atoms with E-state index in [0.29, 0.717) is 12.6 Å². The minimum Gasteiger partial charge on any atom is -0.480 e. The lowest BCUT2D eigenvalue weighted by Crippen LogP contribution is -2.45. The average Bonchev–Trinajstić information content (AvgIpc) is 2.91. The molecule has 1 fully saturated rings. The van der Waals surface area contributed by atoms with E-state index < -0.39 is 12.0 Å². The zero-order valence-electron chi connectivity index (χ0n) is 12.0. The van der Waals surface area contributed by atoms with Crippen molar-refractivity contribution in [1.82, 2.24) is 15.1 Å². The van der Waals surface area contributed by atoms with Crippen molar-refractivity contribution in [3.8, 4) is 12.3 Å². The maximum atomic E-state index is 11.8. The molecule has 2 amide bonds. The van der Waals surface area contributed by atoms with Gasteiger partial charge < -0.3 is 20.2 Å². The van der Waals surface area contributed by atoms with Crippen molar-refractivity contribution in [1.29, 1.82) is 0 Å². The maximum absolute atomic E-state index is 11.8. The third-order valence-electron chi connectivity index (χ3n) is 3.58. The molecule has 0 unspecified atom stereocenters. The fraction of sp³-hybridized carbons (Fsp3) is 0.714. The molecule has 0 bridgehead atoms. The molecule has 6 heteroatoms. The summed E-state index contributed by atoms with van der Waals surface area (Å²) in [4.78, 5) is 25.8. The third-order valence-corrected chi connectivity index (χ3v) is 3.58. The van der Waals surface area contributed by atoms with Gasteiger partial charge in [-0.15, -0.1) is 6.42 Å². The van der Waals surface area contributed by atoms with Crippen molar-refractivity contribution in [3.63, 3.8) is 0 Å². The van der Waals surface area contributed by atoms with Gasteiger partial charge in [-0.1, -0.05) is 18.8 Å². The van der Waals surface area contributed by atoms with Gasteiger partial charge in [-0.05, 0) is 19.9 Å². The number of carbonyl (C=O) groups is 2. The molecule has 20 heavy (non-hydrogen) atoms. The predicted molar refractivity (Wildman–Crippen MR) is 76.3 cm³/mol. The molecule has 0 heterocycles. The Balaban J connectivity index is 2.29. The smallest absolute Gasteiger partial charge is 0.323 e. The first-order valence-electron chi connectivity index (χ1n) is 6.93. The lowest BCUT2D eigenvalue weighted by molar-refractivity contribution is -0.137. The Labute approximate surface area is 120 Å². The number of carboxylic acid groups (broad SMARTS) is 1. The van der Waals surface area contributed by atoms with Gasteiger partial charge in [0.15, 0.2) is 0 Å². The van der Waals surface area contributed by atoms with Crippen LogP contribution in [0.4, 0.5) is 4.79 Å². The summed E-state index contributed by atoms with van der Waals surface area (Å²) in [5.74, 6) is 1.22. The number of amides is 2. The Morgan fingerprint density at radius 2 is 2.05 bits per heavy atom. The van der Waals surface area contributed by atoms with E-state index >= 15 is 0 Å². The van der Waals surface area contributed by atoms with Crippen LogP contribution in [0.2, 0.25) is 0 Å². The number of carboxylic acids is 1. The molecule has 1 saturated carbocycles. The number of urea groups is 1. The number of hydrogen-bond acceptors (Lipinski definition) is 3. The van der Waals surface area contributed by atoms with Gasteiger partial charge in [0, 0.05) is 19.1 Å². The molecule has 0 aromatic heterocycles.